The van der Waals surface area contributed by atoms with Crippen molar-refractivity contribution in [1.82, 2.24) is 4.57 Å². The summed E-state index contributed by atoms with van der Waals surface area (Å²) >= 11 is 0. The molecule has 0 saturated carbocycles. The molecule has 3 heteroatoms. The Morgan fingerprint density at radius 2 is 1.29 bits per heavy atom. The zero-order chi connectivity index (χ0) is 19.5. The molecule has 3 nitrogen and oxygen atoms in total. The van der Waals surface area contributed by atoms with Gasteiger partial charge in [0.15, 0.2) is 0 Å². The summed E-state index contributed by atoms with van der Waals surface area (Å²) in [6.07, 6.45) is 0. The van der Waals surface area contributed by atoms with Crippen LogP contribution in [0.5, 0.6) is 0 Å². The van der Waals surface area contributed by atoms with Crippen LogP contribution in [0.25, 0.3) is 22.4 Å². The highest BCUT2D eigenvalue weighted by molar-refractivity contribution is 6.05. The van der Waals surface area contributed by atoms with Crippen LogP contribution in [0.1, 0.15) is 21.6 Å². The number of rotatable bonds is 5. The maximum atomic E-state index is 12.5. The molecule has 138 valence electrons. The van der Waals surface area contributed by atoms with Gasteiger partial charge in [-0.25, -0.2) is 0 Å². The van der Waals surface area contributed by atoms with E-state index >= 15 is 0 Å². The fourth-order valence-electron chi connectivity index (χ4n) is 3.78. The Morgan fingerprint density at radius 3 is 1.82 bits per heavy atom. The summed E-state index contributed by atoms with van der Waals surface area (Å²) < 4.78 is 2.20. The van der Waals surface area contributed by atoms with E-state index in [1.165, 1.54) is 5.56 Å². The minimum Gasteiger partial charge on any atom is -0.366 e. The van der Waals surface area contributed by atoms with Crippen molar-refractivity contribution in [3.63, 3.8) is 0 Å². The third-order valence-corrected chi connectivity index (χ3v) is 5.06. The van der Waals surface area contributed by atoms with Crippen LogP contribution in [-0.4, -0.2) is 10.5 Å². The van der Waals surface area contributed by atoms with Crippen LogP contribution in [0.15, 0.2) is 91.0 Å². The fraction of sp³-hybridized carbons (Fsp3) is 0.0800. The second-order valence-corrected chi connectivity index (χ2v) is 6.85. The van der Waals surface area contributed by atoms with Gasteiger partial charge in [0.2, 0.25) is 0 Å². The Balaban J connectivity index is 2.04. The lowest BCUT2D eigenvalue weighted by molar-refractivity contribution is 0.1000. The van der Waals surface area contributed by atoms with Crippen LogP contribution in [0.2, 0.25) is 0 Å². The van der Waals surface area contributed by atoms with Gasteiger partial charge in [0.25, 0.3) is 5.91 Å². The number of nitrogens with two attached hydrogens (primary N) is 1. The Hall–Kier alpha value is -3.59. The normalized spacial score (nSPS) is 10.8. The molecule has 0 atom stereocenters. The molecule has 1 aromatic heterocycles. The molecule has 28 heavy (non-hydrogen) atoms. The molecule has 0 aliphatic carbocycles. The number of amides is 1. The number of primary amides is 1. The van der Waals surface area contributed by atoms with Crippen molar-refractivity contribution >= 4 is 5.91 Å². The van der Waals surface area contributed by atoms with Crippen molar-refractivity contribution in [2.75, 3.05) is 0 Å². The van der Waals surface area contributed by atoms with Crippen molar-refractivity contribution in [2.45, 2.75) is 13.5 Å². The number of hydrogen-bond acceptors (Lipinski definition) is 1. The van der Waals surface area contributed by atoms with Gasteiger partial charge in [-0.1, -0.05) is 91.0 Å². The molecule has 0 saturated heterocycles. The molecular weight excluding hydrogens is 344 g/mol. The predicted molar refractivity (Wildman–Crippen MR) is 114 cm³/mol. The van der Waals surface area contributed by atoms with E-state index < -0.39 is 5.91 Å². The molecule has 1 amide bonds. The molecule has 4 aromatic rings. The fourth-order valence-corrected chi connectivity index (χ4v) is 3.78. The Labute approximate surface area is 165 Å². The van der Waals surface area contributed by atoms with E-state index in [4.69, 9.17) is 5.73 Å². The molecule has 1 heterocycles. The molecule has 0 spiro atoms. The number of carbonyl (C=O) groups excluding carboxylic acids is 1. The second kappa shape index (κ2) is 7.57. The first-order valence-electron chi connectivity index (χ1n) is 9.34. The van der Waals surface area contributed by atoms with E-state index in [9.17, 15) is 4.79 Å². The standard InChI is InChI=1S/C25H22N2O/c1-18-22(25(26)28)23(20-13-7-3-8-14-20)24(21-15-9-4-10-16-21)27(18)17-19-11-5-2-6-12-19/h2-16H,17H2,1H3,(H2,26,28). The average Bonchev–Trinajstić information content (AvgIpc) is 3.02. The first-order chi connectivity index (χ1) is 13.7. The number of nitrogens with zero attached hydrogens (tertiary/aromatic N) is 1. The van der Waals surface area contributed by atoms with Crippen LogP contribution >= 0.6 is 0 Å². The Morgan fingerprint density at radius 1 is 0.786 bits per heavy atom. The molecule has 2 N–H and O–H groups in total. The summed E-state index contributed by atoms with van der Waals surface area (Å²) in [6, 6.07) is 30.5. The summed E-state index contributed by atoms with van der Waals surface area (Å²) in [5.74, 6) is -0.402. The smallest absolute Gasteiger partial charge is 0.251 e. The summed E-state index contributed by atoms with van der Waals surface area (Å²) in [6.45, 7) is 2.64. The molecular formula is C25H22N2O. The van der Waals surface area contributed by atoms with Gasteiger partial charge in [-0.2, -0.15) is 0 Å². The van der Waals surface area contributed by atoms with Crippen molar-refractivity contribution in [3.05, 3.63) is 108 Å². The molecule has 0 fully saturated rings. The highest BCUT2D eigenvalue weighted by atomic mass is 16.1. The van der Waals surface area contributed by atoms with E-state index in [2.05, 4.69) is 28.8 Å². The number of aromatic nitrogens is 1. The Bertz CT molecular complexity index is 1100. The Kier molecular flexibility index (Phi) is 4.81. The lowest BCUT2D eigenvalue weighted by Gasteiger charge is -2.14. The number of hydrogen-bond donors (Lipinski definition) is 1. The summed E-state index contributed by atoms with van der Waals surface area (Å²) in [7, 11) is 0. The molecule has 4 rings (SSSR count). The molecule has 0 aliphatic heterocycles. The van der Waals surface area contributed by atoms with Crippen LogP contribution in [0, 0.1) is 6.92 Å². The van der Waals surface area contributed by atoms with Crippen molar-refractivity contribution < 1.29 is 4.79 Å². The second-order valence-electron chi connectivity index (χ2n) is 6.85. The third-order valence-electron chi connectivity index (χ3n) is 5.06. The van der Waals surface area contributed by atoms with E-state index in [1.54, 1.807) is 0 Å². The van der Waals surface area contributed by atoms with Gasteiger partial charge < -0.3 is 10.3 Å². The molecule has 0 bridgehead atoms. The van der Waals surface area contributed by atoms with Crippen molar-refractivity contribution in [3.8, 4) is 22.4 Å². The van der Waals surface area contributed by atoms with Gasteiger partial charge >= 0.3 is 0 Å². The molecule has 0 radical (unpaired) electrons. The SMILES string of the molecule is Cc1c(C(N)=O)c(-c2ccccc2)c(-c2ccccc2)n1Cc1ccccc1. The highest BCUT2D eigenvalue weighted by Crippen LogP contribution is 2.39. The van der Waals surface area contributed by atoms with Crippen LogP contribution in [0.3, 0.4) is 0 Å². The van der Waals surface area contributed by atoms with Gasteiger partial charge in [-0.3, -0.25) is 4.79 Å². The minimum atomic E-state index is -0.402. The van der Waals surface area contributed by atoms with Gasteiger partial charge in [0.1, 0.15) is 0 Å². The van der Waals surface area contributed by atoms with Gasteiger partial charge in [0.05, 0.1) is 11.3 Å². The third kappa shape index (κ3) is 3.23. The van der Waals surface area contributed by atoms with Gasteiger partial charge in [0, 0.05) is 17.8 Å². The summed E-state index contributed by atoms with van der Waals surface area (Å²) in [4.78, 5) is 12.5. The van der Waals surface area contributed by atoms with Crippen LogP contribution in [0.4, 0.5) is 0 Å². The quantitative estimate of drug-likeness (QED) is 0.513. The summed E-state index contributed by atoms with van der Waals surface area (Å²) in [5, 5.41) is 0. The first kappa shape index (κ1) is 17.8. The van der Waals surface area contributed by atoms with E-state index in [0.717, 1.165) is 28.1 Å². The maximum absolute atomic E-state index is 12.5. The molecule has 3 aromatic carbocycles. The van der Waals surface area contributed by atoms with E-state index in [-0.39, 0.29) is 0 Å². The zero-order valence-corrected chi connectivity index (χ0v) is 15.8. The maximum Gasteiger partial charge on any atom is 0.251 e. The number of carbonyl (C=O) groups is 1. The first-order valence-corrected chi connectivity index (χ1v) is 9.34. The zero-order valence-electron chi connectivity index (χ0n) is 15.8. The lowest BCUT2D eigenvalue weighted by atomic mass is 9.96. The molecule has 0 aliphatic rings. The van der Waals surface area contributed by atoms with Crippen LogP contribution in [-0.2, 0) is 6.54 Å². The summed E-state index contributed by atoms with van der Waals surface area (Å²) in [5.41, 5.74) is 12.5. The number of benzene rings is 3. The van der Waals surface area contributed by atoms with Crippen LogP contribution < -0.4 is 5.73 Å². The predicted octanol–water partition coefficient (Wildman–Crippen LogP) is 5.28. The monoisotopic (exact) mass is 366 g/mol. The van der Waals surface area contributed by atoms with Gasteiger partial charge in [-0.15, -0.1) is 0 Å². The van der Waals surface area contributed by atoms with E-state index in [0.29, 0.717) is 12.1 Å². The average molecular weight is 366 g/mol. The topological polar surface area (TPSA) is 48.0 Å². The lowest BCUT2D eigenvalue weighted by Crippen LogP contribution is -2.13. The minimum absolute atomic E-state index is 0.402. The van der Waals surface area contributed by atoms with Gasteiger partial charge in [-0.05, 0) is 23.6 Å². The van der Waals surface area contributed by atoms with E-state index in [1.807, 2.05) is 73.7 Å². The molecule has 0 unspecified atom stereocenters. The largest absolute Gasteiger partial charge is 0.366 e. The highest BCUT2D eigenvalue weighted by Gasteiger charge is 2.25. The van der Waals surface area contributed by atoms with Crippen molar-refractivity contribution in [1.29, 1.82) is 0 Å². The van der Waals surface area contributed by atoms with Crippen molar-refractivity contribution in [2.24, 2.45) is 5.73 Å².